The molecule has 1 aromatic rings. The number of nitro groups is 1. The third kappa shape index (κ3) is 1.81. The first-order valence-electron chi connectivity index (χ1n) is 4.70. The Hall–Kier alpha value is -1.91. The van der Waals surface area contributed by atoms with Crippen LogP contribution in [0.3, 0.4) is 0 Å². The maximum atomic E-state index is 11.3. The molecule has 1 fully saturated rings. The van der Waals surface area contributed by atoms with Gasteiger partial charge in [-0.05, 0) is 12.0 Å². The van der Waals surface area contributed by atoms with Crippen molar-refractivity contribution in [2.75, 3.05) is 6.54 Å². The third-order valence-electron chi connectivity index (χ3n) is 2.56. The molecule has 0 saturated carbocycles. The fraction of sp³-hybridized carbons (Fsp3) is 0.300. The SMILES string of the molecule is O=C1NCC[C@@H]1c1ccc([N+](=O)[O-])cc1. The van der Waals surface area contributed by atoms with Gasteiger partial charge in [-0.2, -0.15) is 0 Å². The van der Waals surface area contributed by atoms with Gasteiger partial charge in [-0.25, -0.2) is 0 Å². The minimum Gasteiger partial charge on any atom is -0.356 e. The van der Waals surface area contributed by atoms with Crippen molar-refractivity contribution in [3.63, 3.8) is 0 Å². The average molecular weight is 206 g/mol. The summed E-state index contributed by atoms with van der Waals surface area (Å²) < 4.78 is 0. The van der Waals surface area contributed by atoms with E-state index in [1.54, 1.807) is 12.1 Å². The molecular formula is C10H10N2O3. The smallest absolute Gasteiger partial charge is 0.269 e. The average Bonchev–Trinajstić information content (AvgIpc) is 2.65. The van der Waals surface area contributed by atoms with Gasteiger partial charge in [0.05, 0.1) is 10.8 Å². The molecule has 1 amide bonds. The number of rotatable bonds is 2. The van der Waals surface area contributed by atoms with Crippen LogP contribution >= 0.6 is 0 Å². The van der Waals surface area contributed by atoms with E-state index in [1.165, 1.54) is 12.1 Å². The van der Waals surface area contributed by atoms with Crippen molar-refractivity contribution >= 4 is 11.6 Å². The van der Waals surface area contributed by atoms with Crippen LogP contribution in [0, 0.1) is 10.1 Å². The molecule has 0 unspecified atom stereocenters. The molecule has 5 heteroatoms. The standard InChI is InChI=1S/C10H10N2O3/c13-10-9(5-6-11-10)7-1-3-8(4-2-7)12(14)15/h1-4,9H,5-6H2,(H,11,13)/t9-/m1/s1. The molecule has 1 aliphatic heterocycles. The lowest BCUT2D eigenvalue weighted by atomic mass is 9.98. The Bertz CT molecular complexity index is 400. The van der Waals surface area contributed by atoms with Crippen LogP contribution in [0.2, 0.25) is 0 Å². The molecular weight excluding hydrogens is 196 g/mol. The number of amides is 1. The van der Waals surface area contributed by atoms with E-state index in [-0.39, 0.29) is 17.5 Å². The fourth-order valence-corrected chi connectivity index (χ4v) is 1.74. The lowest BCUT2D eigenvalue weighted by Gasteiger charge is -2.05. The van der Waals surface area contributed by atoms with Gasteiger partial charge in [0.25, 0.3) is 5.69 Å². The molecule has 0 spiro atoms. The van der Waals surface area contributed by atoms with Crippen molar-refractivity contribution in [2.45, 2.75) is 12.3 Å². The Morgan fingerprint density at radius 2 is 2.00 bits per heavy atom. The lowest BCUT2D eigenvalue weighted by molar-refractivity contribution is -0.384. The molecule has 1 heterocycles. The minimum absolute atomic E-state index is 0.00357. The highest BCUT2D eigenvalue weighted by Crippen LogP contribution is 2.25. The van der Waals surface area contributed by atoms with E-state index in [0.717, 1.165) is 12.0 Å². The zero-order valence-corrected chi connectivity index (χ0v) is 7.97. The van der Waals surface area contributed by atoms with E-state index in [1.807, 2.05) is 0 Å². The van der Waals surface area contributed by atoms with E-state index in [2.05, 4.69) is 5.32 Å². The zero-order chi connectivity index (χ0) is 10.8. The normalized spacial score (nSPS) is 20.0. The topological polar surface area (TPSA) is 72.2 Å². The Labute approximate surface area is 86.2 Å². The molecule has 0 aromatic heterocycles. The Balaban J connectivity index is 2.23. The summed E-state index contributed by atoms with van der Waals surface area (Å²) in [7, 11) is 0. The number of nitrogens with one attached hydrogen (secondary N) is 1. The lowest BCUT2D eigenvalue weighted by Crippen LogP contribution is -2.17. The second-order valence-corrected chi connectivity index (χ2v) is 3.48. The van der Waals surface area contributed by atoms with Gasteiger partial charge >= 0.3 is 0 Å². The first-order valence-corrected chi connectivity index (χ1v) is 4.70. The van der Waals surface area contributed by atoms with E-state index in [4.69, 9.17) is 0 Å². The van der Waals surface area contributed by atoms with Crippen LogP contribution in [0.25, 0.3) is 0 Å². The van der Waals surface area contributed by atoms with Crippen LogP contribution in [0.1, 0.15) is 17.9 Å². The Morgan fingerprint density at radius 3 is 2.47 bits per heavy atom. The van der Waals surface area contributed by atoms with Crippen molar-refractivity contribution < 1.29 is 9.72 Å². The highest BCUT2D eigenvalue weighted by molar-refractivity contribution is 5.85. The number of carbonyl (C=O) groups is 1. The summed E-state index contributed by atoms with van der Waals surface area (Å²) >= 11 is 0. The number of carbonyl (C=O) groups excluding carboxylic acids is 1. The van der Waals surface area contributed by atoms with Crippen molar-refractivity contribution in [3.8, 4) is 0 Å². The number of benzene rings is 1. The molecule has 1 N–H and O–H groups in total. The largest absolute Gasteiger partial charge is 0.356 e. The molecule has 0 bridgehead atoms. The number of hydrogen-bond donors (Lipinski definition) is 1. The van der Waals surface area contributed by atoms with Gasteiger partial charge in [0, 0.05) is 18.7 Å². The van der Waals surface area contributed by atoms with Gasteiger partial charge in [0.2, 0.25) is 5.91 Å². The van der Waals surface area contributed by atoms with Gasteiger partial charge in [-0.3, -0.25) is 14.9 Å². The van der Waals surface area contributed by atoms with Gasteiger partial charge in [-0.1, -0.05) is 12.1 Å². The summed E-state index contributed by atoms with van der Waals surface area (Å²) in [5.41, 5.74) is 0.896. The Morgan fingerprint density at radius 1 is 1.33 bits per heavy atom. The van der Waals surface area contributed by atoms with Crippen LogP contribution in [-0.2, 0) is 4.79 Å². The van der Waals surface area contributed by atoms with Crippen molar-refractivity contribution in [3.05, 3.63) is 39.9 Å². The molecule has 0 aliphatic carbocycles. The van der Waals surface area contributed by atoms with Gasteiger partial charge in [-0.15, -0.1) is 0 Å². The van der Waals surface area contributed by atoms with Crippen molar-refractivity contribution in [1.82, 2.24) is 5.32 Å². The quantitative estimate of drug-likeness (QED) is 0.583. The summed E-state index contributed by atoms with van der Waals surface area (Å²) in [6, 6.07) is 6.16. The predicted molar refractivity (Wildman–Crippen MR) is 53.5 cm³/mol. The minimum atomic E-state index is -0.446. The maximum absolute atomic E-state index is 11.3. The van der Waals surface area contributed by atoms with Crippen LogP contribution in [-0.4, -0.2) is 17.4 Å². The first kappa shape index (κ1) is 9.64. The van der Waals surface area contributed by atoms with Gasteiger partial charge in [0.15, 0.2) is 0 Å². The summed E-state index contributed by atoms with van der Waals surface area (Å²) in [5.74, 6) is -0.144. The molecule has 2 rings (SSSR count). The van der Waals surface area contributed by atoms with Crippen LogP contribution < -0.4 is 5.32 Å². The number of non-ortho nitro benzene ring substituents is 1. The van der Waals surface area contributed by atoms with E-state index < -0.39 is 4.92 Å². The van der Waals surface area contributed by atoms with Crippen LogP contribution in [0.4, 0.5) is 5.69 Å². The molecule has 1 aromatic carbocycles. The fourth-order valence-electron chi connectivity index (χ4n) is 1.74. The second kappa shape index (κ2) is 3.68. The van der Waals surface area contributed by atoms with Gasteiger partial charge in [0.1, 0.15) is 0 Å². The first-order chi connectivity index (χ1) is 7.18. The highest BCUT2D eigenvalue weighted by Gasteiger charge is 2.25. The Kier molecular flexibility index (Phi) is 2.37. The number of nitrogens with zero attached hydrogens (tertiary/aromatic N) is 1. The van der Waals surface area contributed by atoms with E-state index >= 15 is 0 Å². The molecule has 5 nitrogen and oxygen atoms in total. The third-order valence-corrected chi connectivity index (χ3v) is 2.56. The summed E-state index contributed by atoms with van der Waals surface area (Å²) in [5, 5.41) is 13.2. The molecule has 1 aliphatic rings. The molecule has 78 valence electrons. The van der Waals surface area contributed by atoms with E-state index in [9.17, 15) is 14.9 Å². The highest BCUT2D eigenvalue weighted by atomic mass is 16.6. The summed E-state index contributed by atoms with van der Waals surface area (Å²) in [6.07, 6.45) is 0.761. The number of nitro benzene ring substituents is 1. The van der Waals surface area contributed by atoms with Crippen molar-refractivity contribution in [1.29, 1.82) is 0 Å². The molecule has 1 atom stereocenters. The summed E-state index contributed by atoms with van der Waals surface area (Å²) in [4.78, 5) is 21.3. The molecule has 1 saturated heterocycles. The van der Waals surface area contributed by atoms with Gasteiger partial charge < -0.3 is 5.32 Å². The zero-order valence-electron chi connectivity index (χ0n) is 7.97. The van der Waals surface area contributed by atoms with Crippen molar-refractivity contribution in [2.24, 2.45) is 0 Å². The van der Waals surface area contributed by atoms with Crippen LogP contribution in [0.5, 0.6) is 0 Å². The number of hydrogen-bond acceptors (Lipinski definition) is 3. The summed E-state index contributed by atoms with van der Waals surface area (Å²) in [6.45, 7) is 0.681. The molecule has 0 radical (unpaired) electrons. The van der Waals surface area contributed by atoms with Crippen LogP contribution in [0.15, 0.2) is 24.3 Å². The van der Waals surface area contributed by atoms with E-state index in [0.29, 0.717) is 6.54 Å². The maximum Gasteiger partial charge on any atom is 0.269 e. The monoisotopic (exact) mass is 206 g/mol. The second-order valence-electron chi connectivity index (χ2n) is 3.48. The molecule has 15 heavy (non-hydrogen) atoms. The predicted octanol–water partition coefficient (Wildman–Crippen LogP) is 1.20.